The first-order valence-electron chi connectivity index (χ1n) is 5.89. The van der Waals surface area contributed by atoms with Crippen molar-refractivity contribution in [3.63, 3.8) is 0 Å². The van der Waals surface area contributed by atoms with Crippen LogP contribution in [0.2, 0.25) is 0 Å². The molecule has 2 rings (SSSR count). The van der Waals surface area contributed by atoms with Gasteiger partial charge in [0.2, 0.25) is 0 Å². The van der Waals surface area contributed by atoms with Gasteiger partial charge in [-0.1, -0.05) is 6.07 Å². The van der Waals surface area contributed by atoms with Crippen molar-refractivity contribution in [2.45, 2.75) is 18.9 Å². The Bertz CT molecular complexity index is 378. The third kappa shape index (κ3) is 3.00. The summed E-state index contributed by atoms with van der Waals surface area (Å²) < 4.78 is 11.6. The number of rotatable bonds is 3. The van der Waals surface area contributed by atoms with E-state index in [9.17, 15) is 0 Å². The highest BCUT2D eigenvalue weighted by Crippen LogP contribution is 2.32. The summed E-state index contributed by atoms with van der Waals surface area (Å²) in [5, 5.41) is 0. The number of hydrogen-bond donors (Lipinski definition) is 1. The van der Waals surface area contributed by atoms with Crippen LogP contribution in [0.1, 0.15) is 24.4 Å². The highest BCUT2D eigenvalue weighted by molar-refractivity contribution is 9.10. The van der Waals surface area contributed by atoms with Gasteiger partial charge < -0.3 is 15.2 Å². The van der Waals surface area contributed by atoms with Crippen LogP contribution in [0, 0.1) is 5.92 Å². The van der Waals surface area contributed by atoms with E-state index < -0.39 is 0 Å². The standard InChI is InChI=1S/C13H18BrNO2/c1-16-12-5-4-9(7-11(12)14)13(15)10-3-2-6-17-8-10/h4-5,7,10,13H,2-3,6,8,15H2,1H3. The molecule has 1 fully saturated rings. The summed E-state index contributed by atoms with van der Waals surface area (Å²) in [6.07, 6.45) is 2.25. The summed E-state index contributed by atoms with van der Waals surface area (Å²) in [6, 6.07) is 6.06. The number of benzene rings is 1. The zero-order valence-corrected chi connectivity index (χ0v) is 11.6. The second-order valence-corrected chi connectivity index (χ2v) is 5.25. The first-order valence-corrected chi connectivity index (χ1v) is 6.68. The van der Waals surface area contributed by atoms with Crippen LogP contribution in [0.4, 0.5) is 0 Å². The molecule has 2 unspecified atom stereocenters. The Balaban J connectivity index is 2.12. The molecule has 1 heterocycles. The molecule has 2 atom stereocenters. The van der Waals surface area contributed by atoms with Crippen LogP contribution < -0.4 is 10.5 Å². The van der Waals surface area contributed by atoms with Crippen molar-refractivity contribution in [3.8, 4) is 5.75 Å². The minimum absolute atomic E-state index is 0.0394. The van der Waals surface area contributed by atoms with Gasteiger partial charge in [0.1, 0.15) is 5.75 Å². The van der Waals surface area contributed by atoms with Gasteiger partial charge in [0.25, 0.3) is 0 Å². The molecule has 1 aliphatic rings. The van der Waals surface area contributed by atoms with Crippen LogP contribution in [0.3, 0.4) is 0 Å². The van der Waals surface area contributed by atoms with E-state index in [0.717, 1.165) is 41.8 Å². The molecular formula is C13H18BrNO2. The van der Waals surface area contributed by atoms with Crippen molar-refractivity contribution < 1.29 is 9.47 Å². The monoisotopic (exact) mass is 299 g/mol. The van der Waals surface area contributed by atoms with E-state index in [-0.39, 0.29) is 6.04 Å². The van der Waals surface area contributed by atoms with Gasteiger partial charge >= 0.3 is 0 Å². The highest BCUT2D eigenvalue weighted by atomic mass is 79.9. The molecule has 94 valence electrons. The molecule has 1 saturated heterocycles. The molecule has 17 heavy (non-hydrogen) atoms. The maximum Gasteiger partial charge on any atom is 0.133 e. The molecule has 1 aliphatic heterocycles. The SMILES string of the molecule is COc1ccc(C(N)C2CCCOC2)cc1Br. The average Bonchev–Trinajstić information content (AvgIpc) is 2.39. The van der Waals surface area contributed by atoms with E-state index in [1.165, 1.54) is 0 Å². The van der Waals surface area contributed by atoms with E-state index in [2.05, 4.69) is 15.9 Å². The van der Waals surface area contributed by atoms with Crippen molar-refractivity contribution in [2.75, 3.05) is 20.3 Å². The average molecular weight is 300 g/mol. The third-order valence-electron chi connectivity index (χ3n) is 3.26. The third-order valence-corrected chi connectivity index (χ3v) is 3.88. The molecular weight excluding hydrogens is 282 g/mol. The predicted octanol–water partition coefficient (Wildman–Crippen LogP) is 2.88. The Morgan fingerprint density at radius 1 is 1.53 bits per heavy atom. The lowest BCUT2D eigenvalue weighted by molar-refractivity contribution is 0.0447. The predicted molar refractivity (Wildman–Crippen MR) is 71.2 cm³/mol. The molecule has 0 spiro atoms. The number of ether oxygens (including phenoxy) is 2. The van der Waals surface area contributed by atoms with Crippen LogP contribution in [0.5, 0.6) is 5.75 Å². The van der Waals surface area contributed by atoms with E-state index >= 15 is 0 Å². The number of methoxy groups -OCH3 is 1. The van der Waals surface area contributed by atoms with Crippen LogP contribution >= 0.6 is 15.9 Å². The summed E-state index contributed by atoms with van der Waals surface area (Å²) in [4.78, 5) is 0. The largest absolute Gasteiger partial charge is 0.496 e. The Morgan fingerprint density at radius 2 is 2.35 bits per heavy atom. The molecule has 0 saturated carbocycles. The van der Waals surface area contributed by atoms with Gasteiger partial charge in [-0.2, -0.15) is 0 Å². The van der Waals surface area contributed by atoms with Crippen LogP contribution in [-0.2, 0) is 4.74 Å². The smallest absolute Gasteiger partial charge is 0.133 e. The second kappa shape index (κ2) is 5.85. The summed E-state index contributed by atoms with van der Waals surface area (Å²) in [5.41, 5.74) is 7.42. The van der Waals surface area contributed by atoms with E-state index in [1.807, 2.05) is 18.2 Å². The summed E-state index contributed by atoms with van der Waals surface area (Å²) in [7, 11) is 1.66. The fraction of sp³-hybridized carbons (Fsp3) is 0.538. The van der Waals surface area contributed by atoms with Crippen molar-refractivity contribution in [2.24, 2.45) is 11.7 Å². The molecule has 2 N–H and O–H groups in total. The molecule has 4 heteroatoms. The summed E-state index contributed by atoms with van der Waals surface area (Å²) >= 11 is 3.49. The lowest BCUT2D eigenvalue weighted by Gasteiger charge is -2.28. The van der Waals surface area contributed by atoms with E-state index in [0.29, 0.717) is 5.92 Å². The van der Waals surface area contributed by atoms with Gasteiger partial charge in [-0.3, -0.25) is 0 Å². The van der Waals surface area contributed by atoms with Gasteiger partial charge in [0.15, 0.2) is 0 Å². The topological polar surface area (TPSA) is 44.5 Å². The fourth-order valence-electron chi connectivity index (χ4n) is 2.21. The molecule has 1 aromatic carbocycles. The fourth-order valence-corrected chi connectivity index (χ4v) is 2.77. The molecule has 3 nitrogen and oxygen atoms in total. The van der Waals surface area contributed by atoms with Crippen molar-refractivity contribution >= 4 is 15.9 Å². The Hall–Kier alpha value is -0.580. The Labute approximate surface area is 110 Å². The lowest BCUT2D eigenvalue weighted by Crippen LogP contribution is -2.29. The molecule has 0 aliphatic carbocycles. The zero-order chi connectivity index (χ0) is 12.3. The van der Waals surface area contributed by atoms with E-state index in [4.69, 9.17) is 15.2 Å². The van der Waals surface area contributed by atoms with Crippen LogP contribution in [-0.4, -0.2) is 20.3 Å². The Morgan fingerprint density at radius 3 is 2.94 bits per heavy atom. The van der Waals surface area contributed by atoms with Gasteiger partial charge in [-0.15, -0.1) is 0 Å². The van der Waals surface area contributed by atoms with Crippen molar-refractivity contribution in [1.82, 2.24) is 0 Å². The first kappa shape index (κ1) is 12.9. The first-order chi connectivity index (χ1) is 8.22. The number of hydrogen-bond acceptors (Lipinski definition) is 3. The maximum atomic E-state index is 6.29. The molecule has 1 aromatic rings. The highest BCUT2D eigenvalue weighted by Gasteiger charge is 2.22. The second-order valence-electron chi connectivity index (χ2n) is 4.40. The van der Waals surface area contributed by atoms with Gasteiger partial charge in [-0.25, -0.2) is 0 Å². The number of nitrogens with two attached hydrogens (primary N) is 1. The molecule has 0 aromatic heterocycles. The van der Waals surface area contributed by atoms with Crippen LogP contribution in [0.25, 0.3) is 0 Å². The minimum atomic E-state index is 0.0394. The molecule has 0 bridgehead atoms. The summed E-state index contributed by atoms with van der Waals surface area (Å²) in [6.45, 7) is 1.64. The van der Waals surface area contributed by atoms with Crippen LogP contribution in [0.15, 0.2) is 22.7 Å². The Kier molecular flexibility index (Phi) is 4.42. The molecule has 0 radical (unpaired) electrons. The zero-order valence-electron chi connectivity index (χ0n) is 9.99. The van der Waals surface area contributed by atoms with Crippen molar-refractivity contribution in [3.05, 3.63) is 28.2 Å². The number of halogens is 1. The normalized spacial score (nSPS) is 22.2. The van der Waals surface area contributed by atoms with Crippen molar-refractivity contribution in [1.29, 1.82) is 0 Å². The minimum Gasteiger partial charge on any atom is -0.496 e. The van der Waals surface area contributed by atoms with E-state index in [1.54, 1.807) is 7.11 Å². The van der Waals surface area contributed by atoms with Gasteiger partial charge in [-0.05, 0) is 46.5 Å². The lowest BCUT2D eigenvalue weighted by atomic mass is 9.89. The summed E-state index contributed by atoms with van der Waals surface area (Å²) in [5.74, 6) is 1.25. The maximum absolute atomic E-state index is 6.29. The van der Waals surface area contributed by atoms with Gasteiger partial charge in [0, 0.05) is 18.6 Å². The quantitative estimate of drug-likeness (QED) is 0.933. The van der Waals surface area contributed by atoms with Gasteiger partial charge in [0.05, 0.1) is 18.2 Å². The molecule has 0 amide bonds.